The molecule has 2 amide bonds. The normalized spacial score (nSPS) is 12.9. The Kier molecular flexibility index (Phi) is 8.65. The van der Waals surface area contributed by atoms with Gasteiger partial charge in [0.05, 0.1) is 6.42 Å². The lowest BCUT2D eigenvalue weighted by atomic mass is 10.1. The second-order valence-electron chi connectivity index (χ2n) is 7.13. The highest BCUT2D eigenvalue weighted by atomic mass is 35.5. The predicted octanol–water partition coefficient (Wildman–Crippen LogP) is 4.74. The summed E-state index contributed by atoms with van der Waals surface area (Å²) in [4.78, 5) is 27.6. The predicted molar refractivity (Wildman–Crippen MR) is 114 cm³/mol. The third kappa shape index (κ3) is 6.29. The number of nitrogens with zero attached hydrogens (tertiary/aromatic N) is 1. The van der Waals surface area contributed by atoms with Crippen LogP contribution in [0.25, 0.3) is 0 Å². The molecule has 0 aromatic heterocycles. The van der Waals surface area contributed by atoms with E-state index >= 15 is 0 Å². The summed E-state index contributed by atoms with van der Waals surface area (Å²) in [5, 5.41) is 3.16. The molecule has 0 aliphatic heterocycles. The molecule has 0 heterocycles. The zero-order chi connectivity index (χ0) is 21.4. The summed E-state index contributed by atoms with van der Waals surface area (Å²) in [7, 11) is 0. The highest BCUT2D eigenvalue weighted by Crippen LogP contribution is 2.22. The monoisotopic (exact) mass is 418 g/mol. The van der Waals surface area contributed by atoms with E-state index in [1.54, 1.807) is 6.07 Å². The molecule has 0 aliphatic carbocycles. The molecule has 0 saturated heterocycles. The van der Waals surface area contributed by atoms with E-state index in [0.29, 0.717) is 6.42 Å². The number of halogens is 2. The molecule has 4 nitrogen and oxygen atoms in total. The summed E-state index contributed by atoms with van der Waals surface area (Å²) < 4.78 is 14.2. The van der Waals surface area contributed by atoms with Crippen LogP contribution in [0.4, 0.5) is 4.39 Å². The number of carbonyl (C=O) groups excluding carboxylic acids is 2. The molecule has 2 rings (SSSR count). The number of benzene rings is 2. The van der Waals surface area contributed by atoms with Gasteiger partial charge in [0.2, 0.25) is 11.8 Å². The van der Waals surface area contributed by atoms with E-state index in [2.05, 4.69) is 5.32 Å². The molecule has 0 saturated carbocycles. The Morgan fingerprint density at radius 1 is 1.07 bits per heavy atom. The molecule has 0 spiro atoms. The summed E-state index contributed by atoms with van der Waals surface area (Å²) >= 11 is 6.11. The first-order valence-electron chi connectivity index (χ1n) is 9.94. The lowest BCUT2D eigenvalue weighted by Gasteiger charge is -2.31. The SMILES string of the molecule is CCC(C)NC(=O)C(CC)N(Cc1ccccc1)C(=O)Cc1c(F)cccc1Cl. The molecule has 2 unspecified atom stereocenters. The van der Waals surface area contributed by atoms with Crippen molar-refractivity contribution in [2.24, 2.45) is 0 Å². The van der Waals surface area contributed by atoms with Crippen LogP contribution in [0.15, 0.2) is 48.5 Å². The topological polar surface area (TPSA) is 49.4 Å². The van der Waals surface area contributed by atoms with Crippen LogP contribution < -0.4 is 5.32 Å². The first kappa shape index (κ1) is 22.9. The minimum atomic E-state index is -0.651. The summed E-state index contributed by atoms with van der Waals surface area (Å²) in [5.74, 6) is -1.07. The summed E-state index contributed by atoms with van der Waals surface area (Å²) in [6.07, 6.45) is 1.04. The van der Waals surface area contributed by atoms with Gasteiger partial charge >= 0.3 is 0 Å². The van der Waals surface area contributed by atoms with E-state index in [1.165, 1.54) is 17.0 Å². The van der Waals surface area contributed by atoms with Crippen LogP contribution >= 0.6 is 11.6 Å². The Morgan fingerprint density at radius 3 is 2.34 bits per heavy atom. The van der Waals surface area contributed by atoms with Crippen LogP contribution in [-0.4, -0.2) is 28.8 Å². The summed E-state index contributed by atoms with van der Waals surface area (Å²) in [5.41, 5.74) is 1.05. The molecule has 2 atom stereocenters. The molecular weight excluding hydrogens is 391 g/mol. The van der Waals surface area contributed by atoms with Crippen molar-refractivity contribution >= 4 is 23.4 Å². The van der Waals surface area contributed by atoms with Crippen molar-refractivity contribution in [1.82, 2.24) is 10.2 Å². The second kappa shape index (κ2) is 11.0. The average Bonchev–Trinajstić information content (AvgIpc) is 2.71. The van der Waals surface area contributed by atoms with Gasteiger partial charge in [-0.05, 0) is 37.5 Å². The zero-order valence-electron chi connectivity index (χ0n) is 17.1. The molecule has 2 aromatic rings. The number of carbonyl (C=O) groups is 2. The van der Waals surface area contributed by atoms with Gasteiger partial charge in [0.25, 0.3) is 0 Å². The first-order valence-corrected chi connectivity index (χ1v) is 10.3. The van der Waals surface area contributed by atoms with Crippen molar-refractivity contribution < 1.29 is 14.0 Å². The van der Waals surface area contributed by atoms with E-state index in [0.717, 1.165) is 12.0 Å². The molecule has 6 heteroatoms. The van der Waals surface area contributed by atoms with Gasteiger partial charge in [0.15, 0.2) is 0 Å². The minimum absolute atomic E-state index is 0.00578. The molecule has 156 valence electrons. The van der Waals surface area contributed by atoms with Gasteiger partial charge in [0, 0.05) is 23.2 Å². The van der Waals surface area contributed by atoms with Gasteiger partial charge in [-0.1, -0.05) is 61.8 Å². The van der Waals surface area contributed by atoms with Gasteiger partial charge < -0.3 is 10.2 Å². The van der Waals surface area contributed by atoms with Crippen LogP contribution in [0.3, 0.4) is 0 Å². The van der Waals surface area contributed by atoms with Gasteiger partial charge in [-0.3, -0.25) is 9.59 Å². The maximum atomic E-state index is 14.2. The lowest BCUT2D eigenvalue weighted by Crippen LogP contribution is -2.51. The molecule has 29 heavy (non-hydrogen) atoms. The highest BCUT2D eigenvalue weighted by molar-refractivity contribution is 6.31. The Balaban J connectivity index is 2.32. The second-order valence-corrected chi connectivity index (χ2v) is 7.53. The van der Waals surface area contributed by atoms with E-state index in [1.807, 2.05) is 51.1 Å². The summed E-state index contributed by atoms with van der Waals surface area (Å²) in [6, 6.07) is 13.1. The van der Waals surface area contributed by atoms with Gasteiger partial charge in [-0.2, -0.15) is 0 Å². The van der Waals surface area contributed by atoms with Crippen LogP contribution in [0.1, 0.15) is 44.7 Å². The van der Waals surface area contributed by atoms with Gasteiger partial charge in [-0.25, -0.2) is 4.39 Å². The number of nitrogens with one attached hydrogen (secondary N) is 1. The first-order chi connectivity index (χ1) is 13.9. The molecule has 1 N–H and O–H groups in total. The number of hydrogen-bond acceptors (Lipinski definition) is 2. The standard InChI is InChI=1S/C23H28ClFN2O2/c1-4-16(3)26-23(29)21(5-2)27(15-17-10-7-6-8-11-17)22(28)14-18-19(24)12-9-13-20(18)25/h6-13,16,21H,4-5,14-15H2,1-3H3,(H,26,29). The molecule has 0 fully saturated rings. The minimum Gasteiger partial charge on any atom is -0.352 e. The van der Waals surface area contributed by atoms with Crippen LogP contribution in [0.2, 0.25) is 5.02 Å². The van der Waals surface area contributed by atoms with Crippen molar-refractivity contribution in [3.8, 4) is 0 Å². The van der Waals surface area contributed by atoms with E-state index in [-0.39, 0.29) is 41.4 Å². The maximum absolute atomic E-state index is 14.2. The highest BCUT2D eigenvalue weighted by Gasteiger charge is 2.30. The Hall–Kier alpha value is -2.40. The Bertz CT molecular complexity index is 809. The third-order valence-corrected chi connectivity index (χ3v) is 5.33. The zero-order valence-corrected chi connectivity index (χ0v) is 17.9. The third-order valence-electron chi connectivity index (χ3n) is 4.97. The largest absolute Gasteiger partial charge is 0.352 e. The lowest BCUT2D eigenvalue weighted by molar-refractivity contribution is -0.141. The Morgan fingerprint density at radius 2 is 1.76 bits per heavy atom. The van der Waals surface area contributed by atoms with Crippen LogP contribution in [0, 0.1) is 5.82 Å². The number of amides is 2. The fourth-order valence-electron chi connectivity index (χ4n) is 3.09. The molecule has 0 radical (unpaired) electrons. The molecule has 0 aliphatic rings. The summed E-state index contributed by atoms with van der Waals surface area (Å²) in [6.45, 7) is 6.03. The molecule has 2 aromatic carbocycles. The van der Waals surface area contributed by atoms with Crippen LogP contribution in [0.5, 0.6) is 0 Å². The smallest absolute Gasteiger partial charge is 0.243 e. The van der Waals surface area contributed by atoms with E-state index in [4.69, 9.17) is 11.6 Å². The van der Waals surface area contributed by atoms with Crippen molar-refractivity contribution in [1.29, 1.82) is 0 Å². The molecular formula is C23H28ClFN2O2. The number of rotatable bonds is 9. The quantitative estimate of drug-likeness (QED) is 0.639. The van der Waals surface area contributed by atoms with Crippen molar-refractivity contribution in [2.45, 2.75) is 58.7 Å². The molecule has 0 bridgehead atoms. The number of hydrogen-bond donors (Lipinski definition) is 1. The van der Waals surface area contributed by atoms with Crippen molar-refractivity contribution in [2.75, 3.05) is 0 Å². The van der Waals surface area contributed by atoms with Crippen molar-refractivity contribution in [3.05, 3.63) is 70.5 Å². The van der Waals surface area contributed by atoms with Gasteiger partial charge in [-0.15, -0.1) is 0 Å². The fourth-order valence-corrected chi connectivity index (χ4v) is 3.32. The van der Waals surface area contributed by atoms with Gasteiger partial charge in [0.1, 0.15) is 11.9 Å². The van der Waals surface area contributed by atoms with Crippen LogP contribution in [-0.2, 0) is 22.6 Å². The average molecular weight is 419 g/mol. The van der Waals surface area contributed by atoms with E-state index in [9.17, 15) is 14.0 Å². The van der Waals surface area contributed by atoms with Crippen molar-refractivity contribution in [3.63, 3.8) is 0 Å². The Labute approximate surface area is 177 Å². The fraction of sp³-hybridized carbons (Fsp3) is 0.391. The van der Waals surface area contributed by atoms with E-state index < -0.39 is 11.9 Å². The maximum Gasteiger partial charge on any atom is 0.243 e.